The zero-order chi connectivity index (χ0) is 20.8. The Morgan fingerprint density at radius 2 is 1.93 bits per heavy atom. The first-order valence-corrected chi connectivity index (χ1v) is 10.2. The van der Waals surface area contributed by atoms with Crippen molar-refractivity contribution in [2.45, 2.75) is 25.7 Å². The molecule has 0 radical (unpaired) electrons. The highest BCUT2D eigenvalue weighted by molar-refractivity contribution is 5.95. The highest BCUT2D eigenvalue weighted by atomic mass is 16.3. The summed E-state index contributed by atoms with van der Waals surface area (Å²) in [4.78, 5) is 19.7. The molecule has 0 amide bonds. The summed E-state index contributed by atoms with van der Waals surface area (Å²) in [5.41, 5.74) is 4.37. The number of nitrogens with zero attached hydrogens (tertiary/aromatic N) is 4. The van der Waals surface area contributed by atoms with Gasteiger partial charge in [0.15, 0.2) is 11.5 Å². The summed E-state index contributed by atoms with van der Waals surface area (Å²) in [5, 5.41) is 10.7. The van der Waals surface area contributed by atoms with E-state index in [0.29, 0.717) is 0 Å². The van der Waals surface area contributed by atoms with Gasteiger partial charge in [-0.25, -0.2) is 4.98 Å². The third kappa shape index (κ3) is 2.86. The van der Waals surface area contributed by atoms with Gasteiger partial charge in [0.05, 0.1) is 11.2 Å². The lowest BCUT2D eigenvalue weighted by atomic mass is 9.95. The summed E-state index contributed by atoms with van der Waals surface area (Å²) in [6.07, 6.45) is 1.72. The maximum atomic E-state index is 12.9. The van der Waals surface area contributed by atoms with Gasteiger partial charge in [0.1, 0.15) is 17.1 Å². The minimum absolute atomic E-state index is 0.217. The van der Waals surface area contributed by atoms with Crippen LogP contribution >= 0.6 is 0 Å². The molecule has 5 rings (SSSR count). The lowest BCUT2D eigenvalue weighted by Gasteiger charge is -2.33. The molecule has 2 aromatic heterocycles. The number of pyridine rings is 1. The Balaban J connectivity index is 1.51. The third-order valence-electron chi connectivity index (χ3n) is 6.11. The van der Waals surface area contributed by atoms with E-state index >= 15 is 0 Å². The van der Waals surface area contributed by atoms with E-state index in [1.807, 2.05) is 49.4 Å². The highest BCUT2D eigenvalue weighted by Gasteiger charge is 2.28. The number of oxazole rings is 1. The Labute approximate surface area is 174 Å². The molecule has 6 heteroatoms. The number of nitriles is 1. The number of hydrogen-bond acceptors (Lipinski definition) is 5. The maximum absolute atomic E-state index is 12.9. The van der Waals surface area contributed by atoms with Crippen LogP contribution in [0.1, 0.15) is 35.8 Å². The number of hydrogen-bond donors (Lipinski definition) is 0. The SMILES string of the molecule is Cc1ccc2c(N3CCC(c4nc5ccccc5o4)CC3)c(C#N)c(=O)n(C)c2c1. The summed E-state index contributed by atoms with van der Waals surface area (Å²) in [6.45, 7) is 3.50. The lowest BCUT2D eigenvalue weighted by Crippen LogP contribution is -2.35. The first kappa shape index (κ1) is 18.4. The van der Waals surface area contributed by atoms with Gasteiger partial charge in [-0.2, -0.15) is 5.26 Å². The Bertz CT molecular complexity index is 1330. The average molecular weight is 398 g/mol. The monoisotopic (exact) mass is 398 g/mol. The molecule has 30 heavy (non-hydrogen) atoms. The second-order valence-corrected chi connectivity index (χ2v) is 8.00. The van der Waals surface area contributed by atoms with E-state index in [1.54, 1.807) is 11.6 Å². The van der Waals surface area contributed by atoms with Crippen LogP contribution in [0.4, 0.5) is 5.69 Å². The van der Waals surface area contributed by atoms with E-state index in [4.69, 9.17) is 4.42 Å². The van der Waals surface area contributed by atoms with Gasteiger partial charge in [-0.1, -0.05) is 24.3 Å². The van der Waals surface area contributed by atoms with Gasteiger partial charge in [0.2, 0.25) is 0 Å². The number of aryl methyl sites for hydroxylation is 2. The number of fused-ring (bicyclic) bond motifs is 2. The smallest absolute Gasteiger partial charge is 0.270 e. The minimum atomic E-state index is -0.244. The van der Waals surface area contributed by atoms with Crippen molar-refractivity contribution in [3.05, 3.63) is 69.8 Å². The second kappa shape index (κ2) is 7.03. The van der Waals surface area contributed by atoms with E-state index in [9.17, 15) is 10.1 Å². The van der Waals surface area contributed by atoms with Gasteiger partial charge in [-0.15, -0.1) is 0 Å². The molecular formula is C24H22N4O2. The van der Waals surface area contributed by atoms with Crippen LogP contribution in [0.25, 0.3) is 22.0 Å². The Kier molecular flexibility index (Phi) is 4.32. The first-order chi connectivity index (χ1) is 14.6. The number of rotatable bonds is 2. The molecule has 1 aliphatic rings. The molecule has 2 aromatic carbocycles. The van der Waals surface area contributed by atoms with Gasteiger partial charge < -0.3 is 13.9 Å². The fourth-order valence-electron chi connectivity index (χ4n) is 4.48. The molecule has 6 nitrogen and oxygen atoms in total. The van der Waals surface area contributed by atoms with Crippen molar-refractivity contribution < 1.29 is 4.42 Å². The molecule has 150 valence electrons. The summed E-state index contributed by atoms with van der Waals surface area (Å²) in [5.74, 6) is 1.01. The molecule has 0 bridgehead atoms. The summed E-state index contributed by atoms with van der Waals surface area (Å²) >= 11 is 0. The van der Waals surface area contributed by atoms with Gasteiger partial charge in [-0.05, 0) is 43.5 Å². The van der Waals surface area contributed by atoms with Crippen molar-refractivity contribution in [1.82, 2.24) is 9.55 Å². The van der Waals surface area contributed by atoms with Crippen molar-refractivity contribution in [2.75, 3.05) is 18.0 Å². The minimum Gasteiger partial charge on any atom is -0.440 e. The van der Waals surface area contributed by atoms with Crippen LogP contribution in [0.3, 0.4) is 0 Å². The normalized spacial score (nSPS) is 15.0. The maximum Gasteiger partial charge on any atom is 0.270 e. The number of benzene rings is 2. The molecule has 0 unspecified atom stereocenters. The highest BCUT2D eigenvalue weighted by Crippen LogP contribution is 2.35. The number of anilines is 1. The second-order valence-electron chi connectivity index (χ2n) is 8.00. The number of aromatic nitrogens is 2. The van der Waals surface area contributed by atoms with Crippen LogP contribution in [0.5, 0.6) is 0 Å². The van der Waals surface area contributed by atoms with Crippen LogP contribution in [-0.2, 0) is 7.05 Å². The standard InChI is InChI=1S/C24H22N4O2/c1-15-7-8-17-20(13-15)27(2)24(29)18(14-25)22(17)28-11-9-16(10-12-28)23-26-19-5-3-4-6-21(19)30-23/h3-8,13,16H,9-12H2,1-2H3. The van der Waals surface area contributed by atoms with Crippen molar-refractivity contribution in [3.8, 4) is 6.07 Å². The first-order valence-electron chi connectivity index (χ1n) is 10.2. The van der Waals surface area contributed by atoms with Crippen LogP contribution in [0.15, 0.2) is 51.7 Å². The predicted octanol–water partition coefficient (Wildman–Crippen LogP) is 4.24. The van der Waals surface area contributed by atoms with Gasteiger partial charge in [0, 0.05) is 31.4 Å². The molecule has 0 atom stereocenters. The van der Waals surface area contributed by atoms with E-state index in [-0.39, 0.29) is 17.0 Å². The summed E-state index contributed by atoms with van der Waals surface area (Å²) in [6, 6.07) is 16.0. The average Bonchev–Trinajstić information content (AvgIpc) is 3.21. The summed E-state index contributed by atoms with van der Waals surface area (Å²) < 4.78 is 7.56. The molecule has 1 fully saturated rings. The van der Waals surface area contributed by atoms with E-state index in [2.05, 4.69) is 16.0 Å². The zero-order valence-corrected chi connectivity index (χ0v) is 17.1. The lowest BCUT2D eigenvalue weighted by molar-refractivity contribution is 0.407. The van der Waals surface area contributed by atoms with Crippen molar-refractivity contribution in [2.24, 2.45) is 7.05 Å². The van der Waals surface area contributed by atoms with Crippen molar-refractivity contribution in [3.63, 3.8) is 0 Å². The topological polar surface area (TPSA) is 75.1 Å². The Morgan fingerprint density at radius 1 is 1.17 bits per heavy atom. The summed E-state index contributed by atoms with van der Waals surface area (Å²) in [7, 11) is 1.73. The molecule has 4 aromatic rings. The fraction of sp³-hybridized carbons (Fsp3) is 0.292. The van der Waals surface area contributed by atoms with Gasteiger partial charge >= 0.3 is 0 Å². The quantitative estimate of drug-likeness (QED) is 0.505. The van der Waals surface area contributed by atoms with Crippen molar-refractivity contribution >= 4 is 27.7 Å². The van der Waals surface area contributed by atoms with E-state index in [1.165, 1.54) is 0 Å². The van der Waals surface area contributed by atoms with Crippen LogP contribution < -0.4 is 10.5 Å². The number of piperidine rings is 1. The van der Waals surface area contributed by atoms with Crippen molar-refractivity contribution in [1.29, 1.82) is 5.26 Å². The molecule has 1 saturated heterocycles. The fourth-order valence-corrected chi connectivity index (χ4v) is 4.48. The van der Waals surface area contributed by atoms with E-state index in [0.717, 1.165) is 65.1 Å². The molecule has 3 heterocycles. The molecule has 0 saturated carbocycles. The van der Waals surface area contributed by atoms with E-state index < -0.39 is 0 Å². The zero-order valence-electron chi connectivity index (χ0n) is 17.1. The van der Waals surface area contributed by atoms with Crippen LogP contribution in [0.2, 0.25) is 0 Å². The third-order valence-corrected chi connectivity index (χ3v) is 6.11. The van der Waals surface area contributed by atoms with Crippen LogP contribution in [-0.4, -0.2) is 22.6 Å². The number of para-hydroxylation sites is 2. The van der Waals surface area contributed by atoms with Crippen LogP contribution in [0, 0.1) is 18.3 Å². The Morgan fingerprint density at radius 3 is 2.67 bits per heavy atom. The predicted molar refractivity (Wildman–Crippen MR) is 117 cm³/mol. The molecule has 1 aliphatic heterocycles. The molecule has 0 aliphatic carbocycles. The molecular weight excluding hydrogens is 376 g/mol. The van der Waals surface area contributed by atoms with Gasteiger partial charge in [0.25, 0.3) is 5.56 Å². The molecule has 0 spiro atoms. The molecule has 0 N–H and O–H groups in total. The Hall–Kier alpha value is -3.59. The van der Waals surface area contributed by atoms with Gasteiger partial charge in [-0.3, -0.25) is 4.79 Å². The largest absolute Gasteiger partial charge is 0.440 e.